The van der Waals surface area contributed by atoms with E-state index < -0.39 is 11.9 Å². The van der Waals surface area contributed by atoms with Crippen LogP contribution in [0.25, 0.3) is 0 Å². The van der Waals surface area contributed by atoms with Crippen molar-refractivity contribution in [2.45, 2.75) is 13.5 Å². The number of amides is 4. The lowest BCUT2D eigenvalue weighted by atomic mass is 10.2. The number of imide groups is 1. The molecule has 0 atom stereocenters. The van der Waals surface area contributed by atoms with Crippen molar-refractivity contribution >= 4 is 40.8 Å². The molecule has 2 rings (SSSR count). The van der Waals surface area contributed by atoms with E-state index in [1.54, 1.807) is 18.2 Å². The zero-order valence-electron chi connectivity index (χ0n) is 14.1. The van der Waals surface area contributed by atoms with E-state index in [1.807, 2.05) is 30.3 Å². The Morgan fingerprint density at radius 1 is 1.00 bits per heavy atom. The topological polar surface area (TPSA) is 99.3 Å². The summed E-state index contributed by atoms with van der Waals surface area (Å²) in [6.45, 7) is 1.53. The van der Waals surface area contributed by atoms with Crippen molar-refractivity contribution in [3.05, 3.63) is 59.1 Å². The van der Waals surface area contributed by atoms with Gasteiger partial charge in [0.05, 0.1) is 17.9 Å². The van der Waals surface area contributed by atoms with Crippen molar-refractivity contribution < 1.29 is 14.4 Å². The van der Waals surface area contributed by atoms with Crippen LogP contribution in [-0.4, -0.2) is 24.4 Å². The minimum atomic E-state index is -0.589. The van der Waals surface area contributed by atoms with Crippen LogP contribution in [0.3, 0.4) is 0 Å². The number of carbonyl (C=O) groups is 3. The molecule has 0 aliphatic carbocycles. The minimum absolute atomic E-state index is 0.161. The SMILES string of the molecule is CC(=O)Nc1ccc(Cl)cc1NCC(=O)NC(=O)NCc1ccccc1. The van der Waals surface area contributed by atoms with E-state index in [1.165, 1.54) is 6.92 Å². The van der Waals surface area contributed by atoms with Crippen LogP contribution in [-0.2, 0) is 16.1 Å². The maximum absolute atomic E-state index is 11.9. The van der Waals surface area contributed by atoms with Gasteiger partial charge in [0, 0.05) is 18.5 Å². The van der Waals surface area contributed by atoms with Crippen molar-refractivity contribution in [1.29, 1.82) is 0 Å². The van der Waals surface area contributed by atoms with Gasteiger partial charge in [0.25, 0.3) is 0 Å². The molecule has 7 nitrogen and oxygen atoms in total. The van der Waals surface area contributed by atoms with Crippen LogP contribution < -0.4 is 21.3 Å². The van der Waals surface area contributed by atoms with Gasteiger partial charge in [0.15, 0.2) is 0 Å². The summed E-state index contributed by atoms with van der Waals surface area (Å²) in [6.07, 6.45) is 0. The first-order valence-corrected chi connectivity index (χ1v) is 8.24. The number of hydrogen-bond donors (Lipinski definition) is 4. The highest BCUT2D eigenvalue weighted by Crippen LogP contribution is 2.25. The monoisotopic (exact) mass is 374 g/mol. The molecule has 0 heterocycles. The van der Waals surface area contributed by atoms with Crippen molar-refractivity contribution in [3.8, 4) is 0 Å². The predicted molar refractivity (Wildman–Crippen MR) is 101 cm³/mol. The van der Waals surface area contributed by atoms with E-state index in [2.05, 4.69) is 21.3 Å². The van der Waals surface area contributed by atoms with Gasteiger partial charge in [-0.1, -0.05) is 41.9 Å². The molecule has 0 unspecified atom stereocenters. The first kappa shape index (κ1) is 19.3. The molecule has 4 N–H and O–H groups in total. The highest BCUT2D eigenvalue weighted by molar-refractivity contribution is 6.31. The quantitative estimate of drug-likeness (QED) is 0.624. The maximum Gasteiger partial charge on any atom is 0.321 e. The number of carbonyl (C=O) groups excluding carboxylic acids is 3. The highest BCUT2D eigenvalue weighted by atomic mass is 35.5. The zero-order chi connectivity index (χ0) is 18.9. The average molecular weight is 375 g/mol. The number of halogens is 1. The molecule has 0 fully saturated rings. The van der Waals surface area contributed by atoms with E-state index in [4.69, 9.17) is 11.6 Å². The van der Waals surface area contributed by atoms with Gasteiger partial charge < -0.3 is 16.0 Å². The largest absolute Gasteiger partial charge is 0.374 e. The number of rotatable bonds is 6. The zero-order valence-corrected chi connectivity index (χ0v) is 14.9. The molecule has 0 bridgehead atoms. The molecule has 0 aromatic heterocycles. The lowest BCUT2D eigenvalue weighted by Gasteiger charge is -2.13. The van der Waals surface area contributed by atoms with Crippen LogP contribution >= 0.6 is 11.6 Å². The van der Waals surface area contributed by atoms with Crippen molar-refractivity contribution in [2.75, 3.05) is 17.2 Å². The molecule has 0 aliphatic rings. The van der Waals surface area contributed by atoms with E-state index in [0.717, 1.165) is 5.56 Å². The summed E-state index contributed by atoms with van der Waals surface area (Å²) in [4.78, 5) is 34.9. The van der Waals surface area contributed by atoms with Crippen LogP contribution in [0.15, 0.2) is 48.5 Å². The van der Waals surface area contributed by atoms with Gasteiger partial charge in [0.1, 0.15) is 0 Å². The Bertz CT molecular complexity index is 796. The van der Waals surface area contributed by atoms with Crippen LogP contribution in [0.1, 0.15) is 12.5 Å². The van der Waals surface area contributed by atoms with Gasteiger partial charge in [0.2, 0.25) is 11.8 Å². The van der Waals surface area contributed by atoms with E-state index in [0.29, 0.717) is 22.9 Å². The van der Waals surface area contributed by atoms with Crippen LogP contribution in [0.2, 0.25) is 5.02 Å². The first-order chi connectivity index (χ1) is 12.4. The summed E-state index contributed by atoms with van der Waals surface area (Å²) < 4.78 is 0. The second-order valence-corrected chi connectivity index (χ2v) is 5.88. The lowest BCUT2D eigenvalue weighted by Crippen LogP contribution is -2.41. The van der Waals surface area contributed by atoms with Gasteiger partial charge in [-0.2, -0.15) is 0 Å². The average Bonchev–Trinajstić information content (AvgIpc) is 2.60. The summed E-state index contributed by atoms with van der Waals surface area (Å²) in [7, 11) is 0. The fraction of sp³-hybridized carbons (Fsp3) is 0.167. The first-order valence-electron chi connectivity index (χ1n) is 7.86. The predicted octanol–water partition coefficient (Wildman–Crippen LogP) is 2.74. The molecule has 0 saturated carbocycles. The van der Waals surface area contributed by atoms with Gasteiger partial charge >= 0.3 is 6.03 Å². The van der Waals surface area contributed by atoms with Crippen molar-refractivity contribution in [3.63, 3.8) is 0 Å². The molecule has 8 heteroatoms. The second-order valence-electron chi connectivity index (χ2n) is 5.44. The van der Waals surface area contributed by atoms with Gasteiger partial charge in [-0.3, -0.25) is 14.9 Å². The molecular formula is C18H19ClN4O3. The molecular weight excluding hydrogens is 356 g/mol. The molecule has 0 spiro atoms. The third kappa shape index (κ3) is 6.45. The Balaban J connectivity index is 1.83. The van der Waals surface area contributed by atoms with E-state index in [9.17, 15) is 14.4 Å². The number of urea groups is 1. The Morgan fingerprint density at radius 3 is 2.42 bits per heavy atom. The van der Waals surface area contributed by atoms with Crippen molar-refractivity contribution in [1.82, 2.24) is 10.6 Å². The highest BCUT2D eigenvalue weighted by Gasteiger charge is 2.10. The third-order valence-corrected chi connectivity index (χ3v) is 3.52. The molecule has 136 valence electrons. The minimum Gasteiger partial charge on any atom is -0.374 e. The second kappa shape index (κ2) is 9.43. The molecule has 26 heavy (non-hydrogen) atoms. The molecule has 0 aliphatic heterocycles. The Morgan fingerprint density at radius 2 is 1.73 bits per heavy atom. The molecule has 4 amide bonds. The van der Waals surface area contributed by atoms with Gasteiger partial charge in [-0.25, -0.2) is 4.79 Å². The van der Waals surface area contributed by atoms with Crippen LogP contribution in [0, 0.1) is 0 Å². The van der Waals surface area contributed by atoms with E-state index in [-0.39, 0.29) is 12.5 Å². The standard InChI is InChI=1S/C18H19ClN4O3/c1-12(24)22-15-8-7-14(19)9-16(15)20-11-17(25)23-18(26)21-10-13-5-3-2-4-6-13/h2-9,20H,10-11H2,1H3,(H,22,24)(H2,21,23,25,26). The molecule has 2 aromatic carbocycles. The summed E-state index contributed by atoms with van der Waals surface area (Å²) in [5, 5.41) is 10.7. The van der Waals surface area contributed by atoms with Crippen molar-refractivity contribution in [2.24, 2.45) is 0 Å². The Labute approximate surface area is 156 Å². The Hall–Kier alpha value is -3.06. The van der Waals surface area contributed by atoms with Gasteiger partial charge in [-0.05, 0) is 23.8 Å². The number of nitrogens with one attached hydrogen (secondary N) is 4. The van der Waals surface area contributed by atoms with Crippen LogP contribution in [0.5, 0.6) is 0 Å². The summed E-state index contributed by atoms with van der Waals surface area (Å²) in [6, 6.07) is 13.6. The van der Waals surface area contributed by atoms with Gasteiger partial charge in [-0.15, -0.1) is 0 Å². The fourth-order valence-corrected chi connectivity index (χ4v) is 2.30. The number of hydrogen-bond acceptors (Lipinski definition) is 4. The summed E-state index contributed by atoms with van der Waals surface area (Å²) in [5.41, 5.74) is 1.89. The molecule has 2 aromatic rings. The lowest BCUT2D eigenvalue weighted by molar-refractivity contribution is -0.118. The Kier molecular flexibility index (Phi) is 6.99. The van der Waals surface area contributed by atoms with E-state index >= 15 is 0 Å². The van der Waals surface area contributed by atoms with Crippen LogP contribution in [0.4, 0.5) is 16.2 Å². The third-order valence-electron chi connectivity index (χ3n) is 3.28. The smallest absolute Gasteiger partial charge is 0.321 e. The fourth-order valence-electron chi connectivity index (χ4n) is 2.13. The summed E-state index contributed by atoms with van der Waals surface area (Å²) in [5.74, 6) is -0.774. The molecule has 0 saturated heterocycles. The normalized spacial score (nSPS) is 9.92. The molecule has 0 radical (unpaired) electrons. The number of anilines is 2. The summed E-state index contributed by atoms with van der Waals surface area (Å²) >= 11 is 5.94. The maximum atomic E-state index is 11.9. The number of benzene rings is 2.